The highest BCUT2D eigenvalue weighted by Gasteiger charge is 2.53. The molecule has 5 rings (SSSR count). The second-order valence-electron chi connectivity index (χ2n) is 19.8. The van der Waals surface area contributed by atoms with Crippen LogP contribution in [0.15, 0.2) is 48.7 Å². The van der Waals surface area contributed by atoms with Crippen molar-refractivity contribution in [2.75, 3.05) is 47.9 Å². The molecular weight excluding hydrogens is 907 g/mol. The van der Waals surface area contributed by atoms with Crippen LogP contribution in [-0.2, 0) is 63.5 Å². The summed E-state index contributed by atoms with van der Waals surface area (Å²) in [5, 5.41) is 36.5. The number of aliphatic hydroxyl groups is 3. The molecule has 18 nitrogen and oxygen atoms in total. The third-order valence-electron chi connectivity index (χ3n) is 13.8. The minimum atomic E-state index is -1.50. The number of allylic oxidation sites excluding steroid dienone is 1. The number of carbonyl (C=O) groups is 4. The average Bonchev–Trinajstić information content (AvgIpc) is 3.30. The highest BCUT2D eigenvalue weighted by molar-refractivity contribution is 5.79. The van der Waals surface area contributed by atoms with E-state index in [1.807, 2.05) is 37.1 Å². The lowest BCUT2D eigenvalue weighted by Crippen LogP contribution is -2.66. The zero-order valence-corrected chi connectivity index (χ0v) is 42.7. The van der Waals surface area contributed by atoms with Crippen LogP contribution in [0.1, 0.15) is 92.1 Å². The van der Waals surface area contributed by atoms with E-state index in [4.69, 9.17) is 37.9 Å². The molecule has 3 aliphatic heterocycles. The van der Waals surface area contributed by atoms with Gasteiger partial charge in [0.2, 0.25) is 0 Å². The molecule has 3 fully saturated rings. The summed E-state index contributed by atoms with van der Waals surface area (Å²) in [6.45, 7) is 11.1. The number of carbonyl (C=O) groups excluding carboxylic acids is 4. The van der Waals surface area contributed by atoms with Gasteiger partial charge in [0.25, 0.3) is 0 Å². The normalized spacial score (nSPS) is 35.6. The Balaban J connectivity index is 1.40. The van der Waals surface area contributed by atoms with E-state index < -0.39 is 115 Å². The van der Waals surface area contributed by atoms with Gasteiger partial charge < -0.3 is 67.8 Å². The molecule has 392 valence electrons. The van der Waals surface area contributed by atoms with Gasteiger partial charge in [-0.2, -0.15) is 0 Å². The molecule has 0 spiro atoms. The first-order valence-electron chi connectivity index (χ1n) is 24.8. The summed E-state index contributed by atoms with van der Waals surface area (Å²) in [5.74, 6) is -2.87. The Bertz CT molecular complexity index is 2020. The monoisotopic (exact) mass is 986 g/mol. The van der Waals surface area contributed by atoms with E-state index in [1.54, 1.807) is 59.8 Å². The molecule has 16 atom stereocenters. The Morgan fingerprint density at radius 1 is 0.986 bits per heavy atom. The summed E-state index contributed by atoms with van der Waals surface area (Å²) in [4.78, 5) is 59.9. The fourth-order valence-corrected chi connectivity index (χ4v) is 10.1. The van der Waals surface area contributed by atoms with Crippen molar-refractivity contribution in [2.24, 2.45) is 17.8 Å². The number of pyridine rings is 1. The highest BCUT2D eigenvalue weighted by atomic mass is 16.7. The quantitative estimate of drug-likeness (QED) is 0.0987. The number of β-amino-alcohol motifs (C(OH)–C–C–N with tert-alkyl or cyclic N) is 1. The van der Waals surface area contributed by atoms with E-state index >= 15 is 0 Å². The fourth-order valence-electron chi connectivity index (χ4n) is 10.1. The SMILES string of the molecule is CCC(=O)O[C@@H]1CC(=O)OCCC(/C=C/Cc2ccc3ncccc3c2)CN(C)C[C@H](O)[C@H](C)C[C@H](CC=O)[C@H](O[C@@H]2OC(C)[C@@H](O[C@H]3CC(C)(O)[C@@H](OC(=O)CC)C(C)O3)C(N(C)C)C2O)[C@H]1OC. The van der Waals surface area contributed by atoms with E-state index in [9.17, 15) is 34.5 Å². The van der Waals surface area contributed by atoms with Gasteiger partial charge in [-0.15, -0.1) is 0 Å². The van der Waals surface area contributed by atoms with Gasteiger partial charge in [-0.3, -0.25) is 19.4 Å². The standard InChI is InChI=1S/C52H79N3O15/c1-11-41(58)67-40-27-43(60)64-24-21-35(16-13-15-34-18-19-38-36(26-34)17-14-22-53-38)29-55(9)30-39(57)31(3)25-37(20-23-56)48(49(40)63-10)70-51-46(61)45(54(7)8)47(32(4)66-51)69-44-28-52(6,62)50(33(5)65-44)68-42(59)12-2/h13-14,16-19,22-23,26,31-33,35,37,39-40,44-51,57,61-62H,11-12,15,20-21,24-25,27-30H2,1-10H3/b16-13+/t31-,32?,33?,35?,37+,39+,40-,44+,45?,46?,47-,48+,49+,50+,51+,52?/m1/s1. The maximum atomic E-state index is 13.8. The summed E-state index contributed by atoms with van der Waals surface area (Å²) in [6.07, 6.45) is -3.79. The molecule has 1 aromatic heterocycles. The van der Waals surface area contributed by atoms with Crippen molar-refractivity contribution >= 4 is 35.1 Å². The molecule has 0 saturated carbocycles. The molecule has 70 heavy (non-hydrogen) atoms. The molecule has 1 aromatic carbocycles. The lowest BCUT2D eigenvalue weighted by Gasteiger charge is -2.50. The molecule has 6 unspecified atom stereocenters. The van der Waals surface area contributed by atoms with Crippen LogP contribution in [0, 0.1) is 17.8 Å². The number of ether oxygens (including phenoxy) is 8. The zero-order chi connectivity index (χ0) is 51.3. The highest BCUT2D eigenvalue weighted by Crippen LogP contribution is 2.38. The molecule has 0 bridgehead atoms. The Hall–Kier alpha value is -3.95. The third-order valence-corrected chi connectivity index (χ3v) is 13.8. The lowest BCUT2D eigenvalue weighted by molar-refractivity contribution is -0.344. The third kappa shape index (κ3) is 15.5. The molecule has 2 aromatic rings. The Morgan fingerprint density at radius 3 is 2.39 bits per heavy atom. The van der Waals surface area contributed by atoms with E-state index in [0.717, 1.165) is 22.8 Å². The molecule has 0 aliphatic carbocycles. The van der Waals surface area contributed by atoms with Crippen LogP contribution in [0.5, 0.6) is 0 Å². The topological polar surface area (TPSA) is 222 Å². The molecule has 0 radical (unpaired) electrons. The number of esters is 3. The average molecular weight is 986 g/mol. The molecule has 4 heterocycles. The number of benzene rings is 1. The minimum Gasteiger partial charge on any atom is -0.466 e. The predicted octanol–water partition coefficient (Wildman–Crippen LogP) is 4.16. The molecule has 3 N–H and O–H groups in total. The second-order valence-corrected chi connectivity index (χ2v) is 19.8. The van der Waals surface area contributed by atoms with Gasteiger partial charge in [-0.25, -0.2) is 0 Å². The number of nitrogens with zero attached hydrogens (tertiary/aromatic N) is 3. The summed E-state index contributed by atoms with van der Waals surface area (Å²) in [6, 6.07) is 9.32. The smallest absolute Gasteiger partial charge is 0.309 e. The summed E-state index contributed by atoms with van der Waals surface area (Å²) < 4.78 is 49.3. The van der Waals surface area contributed by atoms with Crippen LogP contribution in [0.4, 0.5) is 0 Å². The number of likely N-dealkylation sites (N-methyl/N-ethyl adjacent to an activating group) is 2. The van der Waals surface area contributed by atoms with Gasteiger partial charge in [0, 0.05) is 57.5 Å². The fraction of sp³-hybridized carbons (Fsp3) is 0.712. The Kier molecular flexibility index (Phi) is 21.7. The van der Waals surface area contributed by atoms with E-state index in [2.05, 4.69) is 29.3 Å². The first-order valence-corrected chi connectivity index (χ1v) is 24.8. The second kappa shape index (κ2) is 26.7. The van der Waals surface area contributed by atoms with Crippen molar-refractivity contribution in [2.45, 2.75) is 172 Å². The van der Waals surface area contributed by atoms with Gasteiger partial charge in [-0.05, 0) is 103 Å². The number of rotatable bonds is 15. The van der Waals surface area contributed by atoms with E-state index in [0.29, 0.717) is 25.9 Å². The van der Waals surface area contributed by atoms with Crippen LogP contribution in [0.2, 0.25) is 0 Å². The Morgan fingerprint density at radius 2 is 1.71 bits per heavy atom. The number of hydrogen-bond acceptors (Lipinski definition) is 18. The van der Waals surface area contributed by atoms with Gasteiger partial charge in [0.05, 0.1) is 49.0 Å². The summed E-state index contributed by atoms with van der Waals surface area (Å²) in [7, 11) is 6.83. The number of fused-ring (bicyclic) bond motifs is 1. The molecular formula is C52H79N3O15. The van der Waals surface area contributed by atoms with Crippen LogP contribution in [0.25, 0.3) is 10.9 Å². The number of aromatic nitrogens is 1. The number of aliphatic hydroxyl groups excluding tert-OH is 2. The molecule has 18 heteroatoms. The number of hydrogen-bond donors (Lipinski definition) is 3. The first kappa shape index (κ1) is 57.0. The first-order chi connectivity index (χ1) is 33.3. The summed E-state index contributed by atoms with van der Waals surface area (Å²) >= 11 is 0. The van der Waals surface area contributed by atoms with Gasteiger partial charge in [-0.1, -0.05) is 45.1 Å². The van der Waals surface area contributed by atoms with Crippen molar-refractivity contribution in [1.82, 2.24) is 14.8 Å². The van der Waals surface area contributed by atoms with Crippen LogP contribution < -0.4 is 0 Å². The maximum Gasteiger partial charge on any atom is 0.309 e. The van der Waals surface area contributed by atoms with Crippen molar-refractivity contribution in [3.05, 3.63) is 54.2 Å². The predicted molar refractivity (Wildman–Crippen MR) is 258 cm³/mol. The van der Waals surface area contributed by atoms with Gasteiger partial charge in [0.15, 0.2) is 18.7 Å². The van der Waals surface area contributed by atoms with Crippen LogP contribution in [0.3, 0.4) is 0 Å². The maximum absolute atomic E-state index is 13.8. The molecule has 3 aliphatic rings. The van der Waals surface area contributed by atoms with E-state index in [-0.39, 0.29) is 44.6 Å². The molecule has 3 saturated heterocycles. The minimum absolute atomic E-state index is 0.0105. The number of methoxy groups -OCH3 is 1. The van der Waals surface area contributed by atoms with Crippen molar-refractivity contribution in [3.63, 3.8) is 0 Å². The lowest BCUT2D eigenvalue weighted by atomic mass is 9.82. The van der Waals surface area contributed by atoms with Crippen molar-refractivity contribution in [1.29, 1.82) is 0 Å². The summed E-state index contributed by atoms with van der Waals surface area (Å²) in [5.41, 5.74) is 0.546. The molecule has 0 amide bonds. The number of cyclic esters (lactones) is 1. The van der Waals surface area contributed by atoms with E-state index in [1.165, 1.54) is 7.11 Å². The van der Waals surface area contributed by atoms with Crippen molar-refractivity contribution in [3.8, 4) is 0 Å². The van der Waals surface area contributed by atoms with Gasteiger partial charge >= 0.3 is 17.9 Å². The zero-order valence-electron chi connectivity index (χ0n) is 42.7. The Labute approximate surface area is 413 Å². The van der Waals surface area contributed by atoms with Crippen LogP contribution >= 0.6 is 0 Å². The number of aldehydes is 1. The van der Waals surface area contributed by atoms with Crippen LogP contribution in [-0.4, -0.2) is 181 Å². The van der Waals surface area contributed by atoms with Crippen molar-refractivity contribution < 1.29 is 72.4 Å². The largest absolute Gasteiger partial charge is 0.466 e. The van der Waals surface area contributed by atoms with Gasteiger partial charge in [0.1, 0.15) is 36.3 Å².